The fraction of sp³-hybridized carbons (Fsp3) is 0.583. The second-order valence-electron chi connectivity index (χ2n) is 4.78. The van der Waals surface area contributed by atoms with E-state index in [1.165, 1.54) is 6.20 Å². The summed E-state index contributed by atoms with van der Waals surface area (Å²) in [6, 6.07) is 0.105. The summed E-state index contributed by atoms with van der Waals surface area (Å²) in [4.78, 5) is 28.5. The number of thioether (sulfide) groups is 1. The summed E-state index contributed by atoms with van der Waals surface area (Å²) in [7, 11) is 0. The van der Waals surface area contributed by atoms with Gasteiger partial charge in [0.05, 0.1) is 0 Å². The topological polar surface area (TPSA) is 76.0 Å². The molecule has 102 valence electrons. The van der Waals surface area contributed by atoms with Crippen molar-refractivity contribution in [3.8, 4) is 0 Å². The molecule has 6 nitrogen and oxygen atoms in total. The van der Waals surface area contributed by atoms with Crippen molar-refractivity contribution < 1.29 is 4.79 Å². The smallest absolute Gasteiger partial charge is 0.267 e. The number of amides is 1. The molecule has 2 aliphatic rings. The van der Waals surface area contributed by atoms with Crippen LogP contribution in [0.25, 0.3) is 0 Å². The molecule has 1 aromatic heterocycles. The van der Waals surface area contributed by atoms with Crippen LogP contribution in [0, 0.1) is 0 Å². The zero-order chi connectivity index (χ0) is 13.2. The maximum atomic E-state index is 12.2. The number of rotatable bonds is 2. The van der Waals surface area contributed by atoms with Crippen LogP contribution in [0.15, 0.2) is 16.1 Å². The fourth-order valence-electron chi connectivity index (χ4n) is 2.41. The third-order valence-electron chi connectivity index (χ3n) is 3.43. The molecular weight excluding hydrogens is 264 g/mol. The van der Waals surface area contributed by atoms with Crippen LogP contribution >= 0.6 is 11.8 Å². The number of piperidine rings is 1. The maximum absolute atomic E-state index is 12.2. The lowest BCUT2D eigenvalue weighted by Gasteiger charge is -2.23. The van der Waals surface area contributed by atoms with E-state index in [1.807, 2.05) is 0 Å². The van der Waals surface area contributed by atoms with Crippen molar-refractivity contribution in [3.05, 3.63) is 22.1 Å². The molecule has 0 spiro atoms. The Morgan fingerprint density at radius 3 is 3.26 bits per heavy atom. The summed E-state index contributed by atoms with van der Waals surface area (Å²) >= 11 is 1.55. The summed E-state index contributed by atoms with van der Waals surface area (Å²) in [6.07, 6.45) is 3.40. The highest BCUT2D eigenvalue weighted by molar-refractivity contribution is 7.99. The standard InChI is InChI=1S/C12H16N4O2S/c17-10(15-8-2-1-3-13-6-8)9-7-14-12-16(11(9)18)4-5-19-12/h7-8,13H,1-6H2,(H,15,17)/t8-/m0/s1. The second kappa shape index (κ2) is 5.34. The number of carbonyl (C=O) groups excluding carboxylic acids is 1. The minimum atomic E-state index is -0.307. The van der Waals surface area contributed by atoms with E-state index in [0.717, 1.165) is 31.7 Å². The highest BCUT2D eigenvalue weighted by Crippen LogP contribution is 2.20. The Morgan fingerprint density at radius 2 is 2.47 bits per heavy atom. The monoisotopic (exact) mass is 280 g/mol. The van der Waals surface area contributed by atoms with Crippen molar-refractivity contribution in [2.75, 3.05) is 18.8 Å². The Balaban J connectivity index is 1.78. The Kier molecular flexibility index (Phi) is 3.56. The van der Waals surface area contributed by atoms with E-state index in [9.17, 15) is 9.59 Å². The average Bonchev–Trinajstić information content (AvgIpc) is 2.89. The normalized spacial score (nSPS) is 22.0. The SMILES string of the molecule is O=C(N[C@H]1CCCNC1)c1cnc2n(c1=O)CCS2. The van der Waals surface area contributed by atoms with Crippen LogP contribution in [0.4, 0.5) is 0 Å². The van der Waals surface area contributed by atoms with E-state index in [1.54, 1.807) is 16.3 Å². The molecule has 0 bridgehead atoms. The van der Waals surface area contributed by atoms with E-state index in [0.29, 0.717) is 11.7 Å². The van der Waals surface area contributed by atoms with Crippen molar-refractivity contribution in [1.82, 2.24) is 20.2 Å². The molecule has 19 heavy (non-hydrogen) atoms. The molecule has 0 aromatic carbocycles. The van der Waals surface area contributed by atoms with Gasteiger partial charge in [0.2, 0.25) is 0 Å². The Labute approximate surface area is 115 Å². The lowest BCUT2D eigenvalue weighted by Crippen LogP contribution is -2.47. The van der Waals surface area contributed by atoms with Crippen LogP contribution in [-0.4, -0.2) is 40.3 Å². The van der Waals surface area contributed by atoms with Gasteiger partial charge in [0, 0.05) is 31.1 Å². The zero-order valence-corrected chi connectivity index (χ0v) is 11.3. The molecule has 0 radical (unpaired) electrons. The number of nitrogens with one attached hydrogen (secondary N) is 2. The molecule has 1 atom stereocenters. The molecule has 1 fully saturated rings. The first-order chi connectivity index (χ1) is 9.25. The number of fused-ring (bicyclic) bond motifs is 1. The predicted molar refractivity (Wildman–Crippen MR) is 72.6 cm³/mol. The third kappa shape index (κ3) is 2.52. The second-order valence-corrected chi connectivity index (χ2v) is 5.84. The number of nitrogens with zero attached hydrogens (tertiary/aromatic N) is 2. The summed E-state index contributed by atoms with van der Waals surface area (Å²) in [6.45, 7) is 2.39. The van der Waals surface area contributed by atoms with E-state index in [4.69, 9.17) is 0 Å². The average molecular weight is 280 g/mol. The molecule has 1 amide bonds. The molecule has 3 rings (SSSR count). The zero-order valence-electron chi connectivity index (χ0n) is 10.5. The Bertz CT molecular complexity index is 551. The molecule has 1 aromatic rings. The van der Waals surface area contributed by atoms with Gasteiger partial charge < -0.3 is 10.6 Å². The van der Waals surface area contributed by atoms with Gasteiger partial charge in [-0.2, -0.15) is 0 Å². The first-order valence-corrected chi connectivity index (χ1v) is 7.48. The van der Waals surface area contributed by atoms with Crippen molar-refractivity contribution in [2.45, 2.75) is 30.6 Å². The van der Waals surface area contributed by atoms with Gasteiger partial charge in [0.25, 0.3) is 11.5 Å². The number of hydrogen-bond acceptors (Lipinski definition) is 5. The van der Waals surface area contributed by atoms with Crippen LogP contribution < -0.4 is 16.2 Å². The lowest BCUT2D eigenvalue weighted by atomic mass is 10.1. The number of aromatic nitrogens is 2. The lowest BCUT2D eigenvalue weighted by molar-refractivity contribution is 0.0927. The van der Waals surface area contributed by atoms with Crippen LogP contribution in [0.1, 0.15) is 23.2 Å². The van der Waals surface area contributed by atoms with E-state index >= 15 is 0 Å². The molecular formula is C12H16N4O2S. The van der Waals surface area contributed by atoms with Gasteiger partial charge in [-0.1, -0.05) is 11.8 Å². The molecule has 0 aliphatic carbocycles. The minimum Gasteiger partial charge on any atom is -0.348 e. The Hall–Kier alpha value is -1.34. The van der Waals surface area contributed by atoms with Gasteiger partial charge in [-0.25, -0.2) is 4.98 Å². The van der Waals surface area contributed by atoms with Crippen molar-refractivity contribution in [3.63, 3.8) is 0 Å². The maximum Gasteiger partial charge on any atom is 0.267 e. The van der Waals surface area contributed by atoms with Crippen LogP contribution in [0.2, 0.25) is 0 Å². The van der Waals surface area contributed by atoms with Gasteiger partial charge in [-0.15, -0.1) is 0 Å². The molecule has 2 aliphatic heterocycles. The van der Waals surface area contributed by atoms with E-state index in [2.05, 4.69) is 15.6 Å². The predicted octanol–water partition coefficient (Wildman–Crippen LogP) is -0.169. The first kappa shape index (κ1) is 12.7. The van der Waals surface area contributed by atoms with Gasteiger partial charge in [0.15, 0.2) is 5.16 Å². The van der Waals surface area contributed by atoms with Gasteiger partial charge >= 0.3 is 0 Å². The third-order valence-corrected chi connectivity index (χ3v) is 4.40. The minimum absolute atomic E-state index is 0.105. The largest absolute Gasteiger partial charge is 0.348 e. The highest BCUT2D eigenvalue weighted by Gasteiger charge is 2.22. The van der Waals surface area contributed by atoms with Crippen molar-refractivity contribution in [1.29, 1.82) is 0 Å². The van der Waals surface area contributed by atoms with Crippen molar-refractivity contribution >= 4 is 17.7 Å². The quantitative estimate of drug-likeness (QED) is 0.736. The molecule has 0 unspecified atom stereocenters. The van der Waals surface area contributed by atoms with Crippen molar-refractivity contribution in [2.24, 2.45) is 0 Å². The van der Waals surface area contributed by atoms with Gasteiger partial charge in [-0.3, -0.25) is 14.2 Å². The van der Waals surface area contributed by atoms with Crippen LogP contribution in [0.3, 0.4) is 0 Å². The van der Waals surface area contributed by atoms with Crippen LogP contribution in [0.5, 0.6) is 0 Å². The molecule has 0 saturated carbocycles. The summed E-state index contributed by atoms with van der Waals surface area (Å²) in [5.41, 5.74) is -0.0758. The van der Waals surface area contributed by atoms with Crippen LogP contribution in [-0.2, 0) is 6.54 Å². The summed E-state index contributed by atoms with van der Waals surface area (Å²) < 4.78 is 1.58. The number of carbonyl (C=O) groups is 1. The van der Waals surface area contributed by atoms with Gasteiger partial charge in [0.1, 0.15) is 5.56 Å². The molecule has 1 saturated heterocycles. The van der Waals surface area contributed by atoms with Gasteiger partial charge in [-0.05, 0) is 19.4 Å². The fourth-order valence-corrected chi connectivity index (χ4v) is 3.33. The summed E-state index contributed by atoms with van der Waals surface area (Å²) in [5, 5.41) is 6.85. The molecule has 7 heteroatoms. The summed E-state index contributed by atoms with van der Waals surface area (Å²) in [5.74, 6) is 0.540. The molecule has 2 N–H and O–H groups in total. The Morgan fingerprint density at radius 1 is 1.58 bits per heavy atom. The first-order valence-electron chi connectivity index (χ1n) is 6.50. The molecule has 3 heterocycles. The number of hydrogen-bond donors (Lipinski definition) is 2. The van der Waals surface area contributed by atoms with E-state index in [-0.39, 0.29) is 23.1 Å². The van der Waals surface area contributed by atoms with E-state index < -0.39 is 0 Å². The highest BCUT2D eigenvalue weighted by atomic mass is 32.2.